The van der Waals surface area contributed by atoms with Gasteiger partial charge in [0.2, 0.25) is 10.0 Å². The molecule has 2 aromatic carbocycles. The van der Waals surface area contributed by atoms with E-state index in [1.165, 1.54) is 15.2 Å². The Labute approximate surface area is 201 Å². The van der Waals surface area contributed by atoms with Crippen molar-refractivity contribution in [1.82, 2.24) is 24.3 Å². The Balaban J connectivity index is 1.62. The summed E-state index contributed by atoms with van der Waals surface area (Å²) in [7, 11) is -3.39. The van der Waals surface area contributed by atoms with Crippen molar-refractivity contribution < 1.29 is 17.9 Å². The molecule has 1 aliphatic rings. The first-order valence-electron chi connectivity index (χ1n) is 10.8. The van der Waals surface area contributed by atoms with Crippen molar-refractivity contribution in [3.63, 3.8) is 0 Å². The van der Waals surface area contributed by atoms with Crippen LogP contribution in [0, 0.1) is 17.1 Å². The van der Waals surface area contributed by atoms with Crippen LogP contribution < -0.4 is 0 Å². The van der Waals surface area contributed by atoms with Crippen molar-refractivity contribution in [3.05, 3.63) is 66.2 Å². The smallest absolute Gasteiger partial charge is 0.211 e. The van der Waals surface area contributed by atoms with Crippen LogP contribution in [0.3, 0.4) is 0 Å². The molecule has 0 bridgehead atoms. The van der Waals surface area contributed by atoms with Crippen LogP contribution in [0.1, 0.15) is 12.0 Å². The van der Waals surface area contributed by atoms with Gasteiger partial charge < -0.3 is 5.11 Å². The van der Waals surface area contributed by atoms with Gasteiger partial charge in [-0.05, 0) is 23.8 Å². The van der Waals surface area contributed by atoms with Gasteiger partial charge in [0, 0.05) is 41.4 Å². The summed E-state index contributed by atoms with van der Waals surface area (Å²) in [5.41, 5.74) is 1.99. The van der Waals surface area contributed by atoms with Crippen molar-refractivity contribution >= 4 is 20.9 Å². The molecule has 0 amide bonds. The molecule has 2 aromatic heterocycles. The van der Waals surface area contributed by atoms with E-state index in [9.17, 15) is 18.8 Å². The number of pyridine rings is 1. The summed E-state index contributed by atoms with van der Waals surface area (Å²) in [6.07, 6.45) is 4.37. The molecule has 0 atom stereocenters. The van der Waals surface area contributed by atoms with Crippen molar-refractivity contribution in [3.8, 4) is 28.5 Å². The van der Waals surface area contributed by atoms with Crippen LogP contribution >= 0.6 is 0 Å². The van der Waals surface area contributed by atoms with Gasteiger partial charge in [-0.1, -0.05) is 24.3 Å². The number of nitriles is 1. The van der Waals surface area contributed by atoms with Crippen LogP contribution in [-0.4, -0.2) is 57.2 Å². The lowest BCUT2D eigenvalue weighted by Gasteiger charge is -2.46. The standard InChI is InChI=1S/C24H21FN6O3S/c1-35(33,34)30-14-24(15-30,7-8-26)31-28-12-22(29-31)20-10-17(11-21-19(20)6-3-9-27-21)18-5-2-4-16(13-32)23(18)25/h2-6,9-12,32H,7,13-15H2,1H3. The van der Waals surface area contributed by atoms with Crippen LogP contribution in [0.5, 0.6) is 0 Å². The summed E-state index contributed by atoms with van der Waals surface area (Å²) in [6, 6.07) is 14.2. The van der Waals surface area contributed by atoms with Crippen LogP contribution in [0.4, 0.5) is 4.39 Å². The summed E-state index contributed by atoms with van der Waals surface area (Å²) in [6.45, 7) is -0.206. The summed E-state index contributed by atoms with van der Waals surface area (Å²) < 4.78 is 40.1. The molecule has 0 radical (unpaired) electrons. The SMILES string of the molecule is CS(=O)(=O)N1CC(CC#N)(n2ncc(-c3cc(-c4cccc(CO)c4F)cc4ncccc34)n2)C1. The molecular weight excluding hydrogens is 471 g/mol. The number of aliphatic hydroxyl groups is 1. The number of fused-ring (bicyclic) bond motifs is 1. The van der Waals surface area contributed by atoms with Gasteiger partial charge in [-0.15, -0.1) is 0 Å². The Kier molecular flexibility index (Phi) is 5.59. The number of aromatic nitrogens is 4. The molecule has 1 saturated heterocycles. The molecule has 9 nitrogen and oxygen atoms in total. The van der Waals surface area contributed by atoms with Gasteiger partial charge in [0.05, 0.1) is 37.1 Å². The minimum atomic E-state index is -3.39. The molecule has 11 heteroatoms. The molecule has 178 valence electrons. The lowest BCUT2D eigenvalue weighted by atomic mass is 9.90. The number of hydrogen-bond acceptors (Lipinski definition) is 7. The van der Waals surface area contributed by atoms with Crippen LogP contribution in [0.2, 0.25) is 0 Å². The first-order valence-corrected chi connectivity index (χ1v) is 12.6. The second kappa shape index (κ2) is 8.49. The second-order valence-corrected chi connectivity index (χ2v) is 10.6. The Morgan fingerprint density at radius 2 is 2.00 bits per heavy atom. The zero-order valence-electron chi connectivity index (χ0n) is 18.8. The molecule has 0 unspecified atom stereocenters. The third-order valence-corrected chi connectivity index (χ3v) is 7.49. The monoisotopic (exact) mass is 492 g/mol. The maximum absolute atomic E-state index is 15.0. The third kappa shape index (κ3) is 3.95. The lowest BCUT2D eigenvalue weighted by molar-refractivity contribution is 0.0579. The highest BCUT2D eigenvalue weighted by Gasteiger charge is 2.50. The van der Waals surface area contributed by atoms with E-state index < -0.39 is 28.0 Å². The van der Waals surface area contributed by atoms with E-state index in [-0.39, 0.29) is 25.1 Å². The molecule has 1 N–H and O–H groups in total. The maximum Gasteiger partial charge on any atom is 0.211 e. The Morgan fingerprint density at radius 3 is 2.71 bits per heavy atom. The van der Waals surface area contributed by atoms with E-state index >= 15 is 4.39 Å². The first-order chi connectivity index (χ1) is 16.8. The van der Waals surface area contributed by atoms with Crippen LogP contribution in [0.25, 0.3) is 33.3 Å². The summed E-state index contributed by atoms with van der Waals surface area (Å²) in [5.74, 6) is -0.511. The first kappa shape index (κ1) is 23.0. The number of rotatable bonds is 6. The van der Waals surface area contributed by atoms with Gasteiger partial charge in [0.25, 0.3) is 0 Å². The second-order valence-electron chi connectivity index (χ2n) is 8.64. The highest BCUT2D eigenvalue weighted by molar-refractivity contribution is 7.88. The number of aliphatic hydroxyl groups excluding tert-OH is 1. The predicted molar refractivity (Wildman–Crippen MR) is 127 cm³/mol. The summed E-state index contributed by atoms with van der Waals surface area (Å²) in [5, 5.41) is 28.6. The quantitative estimate of drug-likeness (QED) is 0.439. The van der Waals surface area contributed by atoms with Crippen molar-refractivity contribution in [1.29, 1.82) is 5.26 Å². The minimum Gasteiger partial charge on any atom is -0.392 e. The topological polar surface area (TPSA) is 125 Å². The minimum absolute atomic E-state index is 0.0502. The molecule has 4 aromatic rings. The fraction of sp³-hybridized carbons (Fsp3) is 0.250. The molecule has 1 fully saturated rings. The number of sulfonamides is 1. The van der Waals surface area contributed by atoms with E-state index in [4.69, 9.17) is 0 Å². The molecular formula is C24H21FN6O3S. The molecule has 0 spiro atoms. The van der Waals surface area contributed by atoms with Crippen molar-refractivity contribution in [2.24, 2.45) is 0 Å². The van der Waals surface area contributed by atoms with Crippen molar-refractivity contribution in [2.75, 3.05) is 19.3 Å². The predicted octanol–water partition coefficient (Wildman–Crippen LogP) is 2.68. The van der Waals surface area contributed by atoms with Gasteiger partial charge in [0.15, 0.2) is 0 Å². The van der Waals surface area contributed by atoms with Gasteiger partial charge in [-0.25, -0.2) is 12.8 Å². The fourth-order valence-corrected chi connectivity index (χ4v) is 5.34. The van der Waals surface area contributed by atoms with Gasteiger partial charge in [0.1, 0.15) is 17.1 Å². The number of hydrogen-bond donors (Lipinski definition) is 1. The molecule has 0 aliphatic carbocycles. The Morgan fingerprint density at radius 1 is 1.20 bits per heavy atom. The average Bonchev–Trinajstić information content (AvgIpc) is 3.30. The zero-order valence-corrected chi connectivity index (χ0v) is 19.6. The average molecular weight is 493 g/mol. The van der Waals surface area contributed by atoms with Gasteiger partial charge in [-0.3, -0.25) is 4.98 Å². The van der Waals surface area contributed by atoms with Gasteiger partial charge in [-0.2, -0.15) is 24.6 Å². The molecule has 1 aliphatic heterocycles. The maximum atomic E-state index is 15.0. The summed E-state index contributed by atoms with van der Waals surface area (Å²) >= 11 is 0. The van der Waals surface area contributed by atoms with E-state index in [1.807, 2.05) is 6.07 Å². The van der Waals surface area contributed by atoms with E-state index in [0.717, 1.165) is 11.6 Å². The highest BCUT2D eigenvalue weighted by Crippen LogP contribution is 2.36. The van der Waals surface area contributed by atoms with E-state index in [1.54, 1.807) is 42.7 Å². The van der Waals surface area contributed by atoms with E-state index in [2.05, 4.69) is 21.3 Å². The van der Waals surface area contributed by atoms with Crippen LogP contribution in [-0.2, 0) is 22.2 Å². The highest BCUT2D eigenvalue weighted by atomic mass is 32.2. The third-order valence-electron chi connectivity index (χ3n) is 6.29. The normalized spacial score (nSPS) is 15.6. The Hall–Kier alpha value is -3.72. The summed E-state index contributed by atoms with van der Waals surface area (Å²) in [4.78, 5) is 5.84. The molecule has 3 heterocycles. The Bertz CT molecular complexity index is 1590. The zero-order chi connectivity index (χ0) is 24.8. The fourth-order valence-electron chi connectivity index (χ4n) is 4.39. The number of benzene rings is 2. The number of halogens is 1. The van der Waals surface area contributed by atoms with Crippen LogP contribution in [0.15, 0.2) is 54.9 Å². The van der Waals surface area contributed by atoms with Gasteiger partial charge >= 0.3 is 0 Å². The molecule has 5 rings (SSSR count). The van der Waals surface area contributed by atoms with Crippen molar-refractivity contribution in [2.45, 2.75) is 18.6 Å². The lowest BCUT2D eigenvalue weighted by Crippen LogP contribution is -2.64. The molecule has 0 saturated carbocycles. The largest absolute Gasteiger partial charge is 0.392 e. The number of nitrogens with zero attached hydrogens (tertiary/aromatic N) is 6. The van der Waals surface area contributed by atoms with E-state index in [0.29, 0.717) is 27.9 Å². The molecule has 35 heavy (non-hydrogen) atoms.